The minimum absolute atomic E-state index is 0.339. The summed E-state index contributed by atoms with van der Waals surface area (Å²) in [5.41, 5.74) is 8.55. The quantitative estimate of drug-likeness (QED) is 0.777. The van der Waals surface area contributed by atoms with Crippen LogP contribution in [0.2, 0.25) is 0 Å². The summed E-state index contributed by atoms with van der Waals surface area (Å²) in [6.07, 6.45) is 0. The second-order valence-corrected chi connectivity index (χ2v) is 4.26. The molecule has 2 heterocycles. The lowest BCUT2D eigenvalue weighted by molar-refractivity contribution is 1.12. The molecule has 0 saturated carbocycles. The van der Waals surface area contributed by atoms with Gasteiger partial charge < -0.3 is 5.73 Å². The van der Waals surface area contributed by atoms with Crippen molar-refractivity contribution in [3.05, 3.63) is 28.1 Å². The first-order chi connectivity index (χ1) is 6.66. The van der Waals surface area contributed by atoms with Gasteiger partial charge in [0.15, 0.2) is 0 Å². The second kappa shape index (κ2) is 3.38. The molecule has 0 unspecified atom stereocenters. The first-order valence-electron chi connectivity index (χ1n) is 4.32. The zero-order valence-electron chi connectivity index (χ0n) is 8.11. The molecule has 0 spiro atoms. The molecule has 0 amide bonds. The minimum atomic E-state index is 0.339. The highest BCUT2D eigenvalue weighted by Gasteiger charge is 2.06. The van der Waals surface area contributed by atoms with Crippen LogP contribution >= 0.6 is 11.3 Å². The van der Waals surface area contributed by atoms with E-state index in [1.807, 2.05) is 13.0 Å². The lowest BCUT2D eigenvalue weighted by Gasteiger charge is -2.01. The molecule has 0 saturated heterocycles. The number of nitrogens with zero attached hydrogens (tertiary/aromatic N) is 2. The van der Waals surface area contributed by atoms with Crippen LogP contribution in [0.1, 0.15) is 10.6 Å². The maximum atomic E-state index is 5.60. The van der Waals surface area contributed by atoms with E-state index in [0.29, 0.717) is 5.95 Å². The highest BCUT2D eigenvalue weighted by atomic mass is 32.1. The number of rotatable bonds is 1. The Balaban J connectivity index is 2.57. The fourth-order valence-electron chi connectivity index (χ4n) is 1.38. The fraction of sp³-hybridized carbons (Fsp3) is 0.200. The van der Waals surface area contributed by atoms with Crippen molar-refractivity contribution in [2.24, 2.45) is 0 Å². The zero-order chi connectivity index (χ0) is 10.1. The van der Waals surface area contributed by atoms with E-state index in [1.165, 1.54) is 4.88 Å². The van der Waals surface area contributed by atoms with E-state index in [-0.39, 0.29) is 0 Å². The van der Waals surface area contributed by atoms with E-state index >= 15 is 0 Å². The van der Waals surface area contributed by atoms with Crippen LogP contribution in [0.25, 0.3) is 11.3 Å². The number of nitrogen functional groups attached to an aromatic ring is 1. The molecule has 14 heavy (non-hydrogen) atoms. The van der Waals surface area contributed by atoms with Gasteiger partial charge in [-0.05, 0) is 31.4 Å². The molecule has 0 radical (unpaired) electrons. The Bertz CT molecular complexity index is 442. The van der Waals surface area contributed by atoms with Crippen LogP contribution in [-0.4, -0.2) is 9.97 Å². The van der Waals surface area contributed by atoms with Crippen LogP contribution in [0, 0.1) is 13.8 Å². The molecule has 0 aliphatic rings. The third-order valence-corrected chi connectivity index (χ3v) is 2.85. The summed E-state index contributed by atoms with van der Waals surface area (Å²) in [6, 6.07) is 4.01. The van der Waals surface area contributed by atoms with E-state index in [9.17, 15) is 0 Å². The largest absolute Gasteiger partial charge is 0.368 e. The van der Waals surface area contributed by atoms with E-state index < -0.39 is 0 Å². The number of nitrogens with two attached hydrogens (primary N) is 1. The second-order valence-electron chi connectivity index (χ2n) is 3.14. The summed E-state index contributed by atoms with van der Waals surface area (Å²) in [4.78, 5) is 9.51. The lowest BCUT2D eigenvalue weighted by atomic mass is 10.2. The van der Waals surface area contributed by atoms with E-state index in [2.05, 4.69) is 28.3 Å². The van der Waals surface area contributed by atoms with Crippen molar-refractivity contribution in [1.29, 1.82) is 0 Å². The van der Waals surface area contributed by atoms with Crippen molar-refractivity contribution in [2.45, 2.75) is 13.8 Å². The van der Waals surface area contributed by atoms with Gasteiger partial charge in [0.05, 0.1) is 5.69 Å². The highest BCUT2D eigenvalue weighted by molar-refractivity contribution is 7.10. The maximum Gasteiger partial charge on any atom is 0.220 e. The summed E-state index contributed by atoms with van der Waals surface area (Å²) in [5.74, 6) is 0.339. The van der Waals surface area contributed by atoms with Gasteiger partial charge in [0, 0.05) is 16.1 Å². The molecule has 72 valence electrons. The van der Waals surface area contributed by atoms with Crippen LogP contribution in [0.3, 0.4) is 0 Å². The molecule has 4 heteroatoms. The highest BCUT2D eigenvalue weighted by Crippen LogP contribution is 2.26. The normalized spacial score (nSPS) is 10.4. The third kappa shape index (κ3) is 1.61. The van der Waals surface area contributed by atoms with Crippen molar-refractivity contribution in [2.75, 3.05) is 5.73 Å². The summed E-state index contributed by atoms with van der Waals surface area (Å²) < 4.78 is 0. The Morgan fingerprint density at radius 3 is 2.64 bits per heavy atom. The van der Waals surface area contributed by atoms with Gasteiger partial charge in [-0.2, -0.15) is 0 Å². The molecule has 0 atom stereocenters. The van der Waals surface area contributed by atoms with Gasteiger partial charge in [-0.15, -0.1) is 11.3 Å². The first kappa shape index (κ1) is 9.15. The van der Waals surface area contributed by atoms with Crippen LogP contribution < -0.4 is 5.73 Å². The topological polar surface area (TPSA) is 51.8 Å². The van der Waals surface area contributed by atoms with Crippen molar-refractivity contribution >= 4 is 17.3 Å². The van der Waals surface area contributed by atoms with Crippen LogP contribution in [-0.2, 0) is 0 Å². The Hall–Kier alpha value is -1.42. The molecule has 2 aromatic heterocycles. The lowest BCUT2D eigenvalue weighted by Crippen LogP contribution is -1.98. The van der Waals surface area contributed by atoms with Gasteiger partial charge in [0.1, 0.15) is 0 Å². The molecule has 2 rings (SSSR count). The predicted molar refractivity (Wildman–Crippen MR) is 59.2 cm³/mol. The summed E-state index contributed by atoms with van der Waals surface area (Å²) >= 11 is 1.71. The molecule has 0 bridgehead atoms. The zero-order valence-corrected chi connectivity index (χ0v) is 8.93. The van der Waals surface area contributed by atoms with Crippen LogP contribution in [0.4, 0.5) is 5.95 Å². The average molecular weight is 205 g/mol. The van der Waals surface area contributed by atoms with E-state index in [1.54, 1.807) is 11.3 Å². The SMILES string of the molecule is Cc1cc(-c2ccsc2C)nc(N)n1. The minimum Gasteiger partial charge on any atom is -0.368 e. The number of aromatic nitrogens is 2. The third-order valence-electron chi connectivity index (χ3n) is 2.01. The van der Waals surface area contributed by atoms with E-state index in [0.717, 1.165) is 17.0 Å². The van der Waals surface area contributed by atoms with Crippen molar-refractivity contribution in [1.82, 2.24) is 9.97 Å². The van der Waals surface area contributed by atoms with Gasteiger partial charge in [-0.25, -0.2) is 9.97 Å². The van der Waals surface area contributed by atoms with Crippen molar-refractivity contribution in [3.63, 3.8) is 0 Å². The van der Waals surface area contributed by atoms with Gasteiger partial charge in [0.2, 0.25) is 5.95 Å². The number of hydrogen-bond acceptors (Lipinski definition) is 4. The van der Waals surface area contributed by atoms with Crippen molar-refractivity contribution < 1.29 is 0 Å². The van der Waals surface area contributed by atoms with Crippen molar-refractivity contribution in [3.8, 4) is 11.3 Å². The van der Waals surface area contributed by atoms with Gasteiger partial charge in [0.25, 0.3) is 0 Å². The number of thiophene rings is 1. The number of aryl methyl sites for hydroxylation is 2. The smallest absolute Gasteiger partial charge is 0.220 e. The monoisotopic (exact) mass is 205 g/mol. The Morgan fingerprint density at radius 1 is 1.29 bits per heavy atom. The molecule has 2 N–H and O–H groups in total. The molecule has 0 aliphatic heterocycles. The molecule has 0 aliphatic carbocycles. The van der Waals surface area contributed by atoms with E-state index in [4.69, 9.17) is 5.73 Å². The molecule has 2 aromatic rings. The standard InChI is InChI=1S/C10H11N3S/c1-6-5-9(13-10(11)12-6)8-3-4-14-7(8)2/h3-5H,1-2H3,(H2,11,12,13). The maximum absolute atomic E-state index is 5.60. The molecule has 0 fully saturated rings. The Morgan fingerprint density at radius 2 is 2.07 bits per heavy atom. The molecule has 0 aromatic carbocycles. The number of anilines is 1. The summed E-state index contributed by atoms with van der Waals surface area (Å²) in [6.45, 7) is 4.00. The number of hydrogen-bond donors (Lipinski definition) is 1. The van der Waals surface area contributed by atoms with Gasteiger partial charge >= 0.3 is 0 Å². The first-order valence-corrected chi connectivity index (χ1v) is 5.20. The fourth-order valence-corrected chi connectivity index (χ4v) is 2.09. The predicted octanol–water partition coefficient (Wildman–Crippen LogP) is 2.40. The summed E-state index contributed by atoms with van der Waals surface area (Å²) in [7, 11) is 0. The molecular weight excluding hydrogens is 194 g/mol. The summed E-state index contributed by atoms with van der Waals surface area (Å²) in [5, 5.41) is 2.05. The molecular formula is C10H11N3S. The average Bonchev–Trinajstić information content (AvgIpc) is 2.49. The van der Waals surface area contributed by atoms with Crippen LogP contribution in [0.5, 0.6) is 0 Å². The van der Waals surface area contributed by atoms with Gasteiger partial charge in [-0.3, -0.25) is 0 Å². The van der Waals surface area contributed by atoms with Gasteiger partial charge in [-0.1, -0.05) is 0 Å². The van der Waals surface area contributed by atoms with Crippen LogP contribution in [0.15, 0.2) is 17.5 Å². The molecule has 3 nitrogen and oxygen atoms in total. The Kier molecular flexibility index (Phi) is 2.21. The Labute approximate surface area is 86.6 Å².